The Morgan fingerprint density at radius 3 is 2.34 bits per heavy atom. The summed E-state index contributed by atoms with van der Waals surface area (Å²) in [6, 6.07) is 9.87. The highest BCUT2D eigenvalue weighted by molar-refractivity contribution is 5.95. The lowest BCUT2D eigenvalue weighted by molar-refractivity contribution is -0.304. The summed E-state index contributed by atoms with van der Waals surface area (Å²) >= 11 is 0. The average molecular weight is 613 g/mol. The molecule has 0 radical (unpaired) electrons. The van der Waals surface area contributed by atoms with Crippen LogP contribution in [-0.4, -0.2) is 55.0 Å². The van der Waals surface area contributed by atoms with Crippen molar-refractivity contribution in [1.82, 2.24) is 10.6 Å². The number of nitrogens with one attached hydrogen (secondary N) is 2. The van der Waals surface area contributed by atoms with Crippen molar-refractivity contribution >= 4 is 23.4 Å². The van der Waals surface area contributed by atoms with Crippen molar-refractivity contribution in [3.05, 3.63) is 42.0 Å². The summed E-state index contributed by atoms with van der Waals surface area (Å²) in [5.41, 5.74) is 1.62. The number of esters is 1. The molecule has 1 aromatic rings. The zero-order valence-electron chi connectivity index (χ0n) is 27.8. The zero-order valence-corrected chi connectivity index (χ0v) is 27.8. The molecule has 2 N–H and O–H groups in total. The maximum absolute atomic E-state index is 13.2. The van der Waals surface area contributed by atoms with Crippen LogP contribution in [0.15, 0.2) is 36.4 Å². The average Bonchev–Trinajstić information content (AvgIpc) is 2.99. The van der Waals surface area contributed by atoms with Crippen LogP contribution in [0.3, 0.4) is 0 Å². The lowest BCUT2D eigenvalue weighted by atomic mass is 9.85. The summed E-state index contributed by atoms with van der Waals surface area (Å²) in [6.45, 7) is 10.2. The fraction of sp³-hybridized carbons (Fsp3) is 0.694. The van der Waals surface area contributed by atoms with Gasteiger partial charge in [0, 0.05) is 18.0 Å². The van der Waals surface area contributed by atoms with E-state index in [1.54, 1.807) is 19.9 Å². The summed E-state index contributed by atoms with van der Waals surface area (Å²) in [5, 5.41) is 5.97. The molecule has 0 spiro atoms. The first kappa shape index (κ1) is 35.8. The molecule has 1 aliphatic heterocycles. The first-order valence-corrected chi connectivity index (χ1v) is 16.9. The van der Waals surface area contributed by atoms with E-state index in [-0.39, 0.29) is 42.9 Å². The van der Waals surface area contributed by atoms with Gasteiger partial charge in [0.1, 0.15) is 12.2 Å². The minimum Gasteiger partial charge on any atom is -0.460 e. The predicted octanol–water partition coefficient (Wildman–Crippen LogP) is 6.87. The van der Waals surface area contributed by atoms with Crippen LogP contribution in [0, 0.1) is 5.41 Å². The minimum absolute atomic E-state index is 0.0481. The number of amides is 2. The van der Waals surface area contributed by atoms with Gasteiger partial charge in [-0.15, -0.1) is 0 Å². The molecule has 44 heavy (non-hydrogen) atoms. The summed E-state index contributed by atoms with van der Waals surface area (Å²) in [4.78, 5) is 38.9. The number of unbranched alkanes of at least 4 members (excludes halogenated alkanes) is 6. The molecule has 1 aliphatic carbocycles. The molecule has 1 saturated carbocycles. The molecule has 246 valence electrons. The molecule has 3 atom stereocenters. The predicted molar refractivity (Wildman–Crippen MR) is 174 cm³/mol. The van der Waals surface area contributed by atoms with Crippen LogP contribution in [0.5, 0.6) is 0 Å². The van der Waals surface area contributed by atoms with Gasteiger partial charge in [0.2, 0.25) is 11.8 Å². The van der Waals surface area contributed by atoms with E-state index in [4.69, 9.17) is 14.2 Å². The largest absolute Gasteiger partial charge is 0.460 e. The van der Waals surface area contributed by atoms with Crippen LogP contribution in [0.1, 0.15) is 124 Å². The van der Waals surface area contributed by atoms with Crippen molar-refractivity contribution in [3.63, 3.8) is 0 Å². The number of rotatable bonds is 16. The van der Waals surface area contributed by atoms with E-state index in [0.717, 1.165) is 49.7 Å². The number of carbonyl (C=O) groups is 3. The Morgan fingerprint density at radius 1 is 0.932 bits per heavy atom. The van der Waals surface area contributed by atoms with E-state index in [2.05, 4.69) is 29.7 Å². The van der Waals surface area contributed by atoms with Gasteiger partial charge >= 0.3 is 5.97 Å². The molecule has 1 heterocycles. The number of benzene rings is 1. The Balaban J connectivity index is 1.50. The first-order chi connectivity index (χ1) is 21.0. The fourth-order valence-corrected chi connectivity index (χ4v) is 5.94. The smallest absolute Gasteiger partial charge is 0.307 e. The van der Waals surface area contributed by atoms with Gasteiger partial charge in [-0.3, -0.25) is 14.4 Å². The molecular weight excluding hydrogens is 556 g/mol. The zero-order chi connectivity index (χ0) is 32.0. The van der Waals surface area contributed by atoms with Crippen molar-refractivity contribution in [2.24, 2.45) is 5.41 Å². The van der Waals surface area contributed by atoms with E-state index in [1.807, 2.05) is 32.0 Å². The molecule has 1 aromatic carbocycles. The molecule has 3 rings (SSSR count). The summed E-state index contributed by atoms with van der Waals surface area (Å²) < 4.78 is 17.4. The molecule has 2 fully saturated rings. The molecule has 2 aliphatic rings. The Bertz CT molecular complexity index is 1080. The van der Waals surface area contributed by atoms with Crippen molar-refractivity contribution < 1.29 is 28.6 Å². The molecule has 1 unspecified atom stereocenters. The lowest BCUT2D eigenvalue weighted by Gasteiger charge is -2.44. The summed E-state index contributed by atoms with van der Waals surface area (Å²) in [5.74, 6) is -1.64. The van der Waals surface area contributed by atoms with E-state index in [0.29, 0.717) is 13.0 Å². The van der Waals surface area contributed by atoms with Gasteiger partial charge in [-0.2, -0.15) is 0 Å². The van der Waals surface area contributed by atoms with Crippen LogP contribution in [-0.2, 0) is 28.6 Å². The highest BCUT2D eigenvalue weighted by atomic mass is 16.7. The lowest BCUT2D eigenvalue weighted by Crippen LogP contribution is -2.56. The van der Waals surface area contributed by atoms with Gasteiger partial charge in [-0.05, 0) is 57.1 Å². The van der Waals surface area contributed by atoms with Crippen LogP contribution in [0.25, 0.3) is 5.57 Å². The van der Waals surface area contributed by atoms with Crippen molar-refractivity contribution in [2.75, 3.05) is 13.2 Å². The second-order valence-corrected chi connectivity index (χ2v) is 13.6. The standard InChI is InChI=1S/C36H56N2O6/c1-6-7-8-9-10-11-13-20-28(27-18-14-12-15-19-27)25-31(39)38-29-21-16-17-22-30(29)43-32(40)23-24-37-34(41)33-35(2,3)26-42-36(4,5)44-33/h12,14-15,18-19,25,29-30,33H,6-11,13,16-17,20-24,26H2,1-5H3,(H,37,41)(H,38,39)/b28-25-/t29-,30-,33?/m0/s1. The van der Waals surface area contributed by atoms with Crippen LogP contribution < -0.4 is 10.6 Å². The van der Waals surface area contributed by atoms with E-state index < -0.39 is 17.3 Å². The molecule has 8 nitrogen and oxygen atoms in total. The highest BCUT2D eigenvalue weighted by Gasteiger charge is 2.45. The Kier molecular flexibility index (Phi) is 14.4. The highest BCUT2D eigenvalue weighted by Crippen LogP contribution is 2.35. The molecular formula is C36H56N2O6. The van der Waals surface area contributed by atoms with Gasteiger partial charge < -0.3 is 24.8 Å². The van der Waals surface area contributed by atoms with E-state index >= 15 is 0 Å². The normalized spacial score (nSPS) is 23.0. The van der Waals surface area contributed by atoms with Crippen molar-refractivity contribution in [3.8, 4) is 0 Å². The maximum atomic E-state index is 13.2. The number of allylic oxidation sites excluding steroid dienone is 1. The minimum atomic E-state index is -0.845. The molecule has 0 aromatic heterocycles. The first-order valence-electron chi connectivity index (χ1n) is 16.9. The maximum Gasteiger partial charge on any atom is 0.307 e. The second-order valence-electron chi connectivity index (χ2n) is 13.6. The number of hydrogen-bond acceptors (Lipinski definition) is 6. The Hall–Kier alpha value is -2.71. The topological polar surface area (TPSA) is 103 Å². The van der Waals surface area contributed by atoms with Crippen LogP contribution in [0.2, 0.25) is 0 Å². The van der Waals surface area contributed by atoms with Gasteiger partial charge in [0.05, 0.1) is 19.1 Å². The van der Waals surface area contributed by atoms with Crippen LogP contribution in [0.4, 0.5) is 0 Å². The fourth-order valence-electron chi connectivity index (χ4n) is 5.94. The third-order valence-electron chi connectivity index (χ3n) is 8.58. The van der Waals surface area contributed by atoms with Gasteiger partial charge in [0.15, 0.2) is 5.79 Å². The summed E-state index contributed by atoms with van der Waals surface area (Å²) in [7, 11) is 0. The SMILES string of the molecule is CCCCCCCCC/C(=C/C(=O)N[C@H]1CCCC[C@@H]1OC(=O)CCNC(=O)C1OC(C)(C)OCC1(C)C)c1ccccc1. The van der Waals surface area contributed by atoms with Gasteiger partial charge in [-0.25, -0.2) is 0 Å². The molecule has 1 saturated heterocycles. The molecule has 0 bridgehead atoms. The quantitative estimate of drug-likeness (QED) is 0.120. The number of ether oxygens (including phenoxy) is 3. The molecule has 2 amide bonds. The van der Waals surface area contributed by atoms with Crippen LogP contribution >= 0.6 is 0 Å². The number of carbonyl (C=O) groups excluding carboxylic acids is 3. The van der Waals surface area contributed by atoms with Crippen molar-refractivity contribution in [1.29, 1.82) is 0 Å². The van der Waals surface area contributed by atoms with E-state index in [1.165, 1.54) is 32.1 Å². The monoisotopic (exact) mass is 612 g/mol. The van der Waals surface area contributed by atoms with E-state index in [9.17, 15) is 14.4 Å². The van der Waals surface area contributed by atoms with Gasteiger partial charge in [0.25, 0.3) is 0 Å². The Morgan fingerprint density at radius 2 is 1.61 bits per heavy atom. The summed E-state index contributed by atoms with van der Waals surface area (Å²) in [6.07, 6.45) is 13.5. The second kappa shape index (κ2) is 17.7. The third kappa shape index (κ3) is 12.0. The van der Waals surface area contributed by atoms with Crippen molar-refractivity contribution in [2.45, 2.75) is 142 Å². The molecule has 8 heteroatoms. The van der Waals surface area contributed by atoms with Gasteiger partial charge in [-0.1, -0.05) is 96.0 Å². The number of hydrogen-bond donors (Lipinski definition) is 2. The third-order valence-corrected chi connectivity index (χ3v) is 8.58. The Labute approximate surface area is 265 Å².